The van der Waals surface area contributed by atoms with E-state index in [1.807, 2.05) is 25.1 Å². The Kier molecular flexibility index (Phi) is 36.8. The number of phenolic OH excluding ortho intramolecular Hbond substituents is 2. The number of nitrogens with one attached hydrogen (secondary N) is 1. The molecule has 4 aromatic carbocycles. The Labute approximate surface area is 471 Å². The van der Waals surface area contributed by atoms with Crippen molar-refractivity contribution in [1.82, 2.24) is 14.7 Å². The van der Waals surface area contributed by atoms with Gasteiger partial charge >= 0.3 is 0 Å². The largest absolute Gasteiger partial charge is 1.00 e. The third-order valence-electron chi connectivity index (χ3n) is 11.5. The number of benzene rings is 4. The number of alkyl halides is 2. The normalized spacial score (nSPS) is 16.3. The summed E-state index contributed by atoms with van der Waals surface area (Å²) in [4.78, 5) is 8.79. The molecular formula is C52H73Br4Cl3F2N4O6. The average Bonchev–Trinajstić information content (AvgIpc) is 3.36. The van der Waals surface area contributed by atoms with Crippen molar-refractivity contribution in [2.24, 2.45) is 0 Å². The van der Waals surface area contributed by atoms with Crippen molar-refractivity contribution in [1.29, 1.82) is 0 Å². The minimum absolute atomic E-state index is 0. The van der Waals surface area contributed by atoms with Gasteiger partial charge < -0.3 is 51.4 Å². The molecule has 4 fully saturated rings. The van der Waals surface area contributed by atoms with E-state index in [1.54, 1.807) is 29.2 Å². The molecule has 0 aliphatic carbocycles. The van der Waals surface area contributed by atoms with Crippen LogP contribution in [0.4, 0.5) is 8.78 Å². The van der Waals surface area contributed by atoms with Crippen LogP contribution in [0.5, 0.6) is 23.0 Å². The smallest absolute Gasteiger partial charge is 0.141 e. The molecule has 8 rings (SSSR count). The maximum atomic E-state index is 13.2. The zero-order valence-corrected chi connectivity index (χ0v) is 49.7. The summed E-state index contributed by atoms with van der Waals surface area (Å²) in [5.74, 6) is 2.64. The molecule has 400 valence electrons. The lowest BCUT2D eigenvalue weighted by atomic mass is 10.1. The van der Waals surface area contributed by atoms with Crippen LogP contribution in [0.25, 0.3) is 0 Å². The zero-order valence-electron chi connectivity index (χ0n) is 41.1. The molecule has 0 spiro atoms. The summed E-state index contributed by atoms with van der Waals surface area (Å²) in [7, 11) is 0. The quantitative estimate of drug-likeness (QED) is 0.121. The SMILES string of the molecule is Cc1cc(O)ccc1Br.Cc1cc(OCCN2CCOCC2)ccc1Br.ClCCN1CCCCC1.ClCC[NH+]1CCOCC1.Fc1cc(OCCN2CCCCC2)ccc1Br.Oc1ccc(Br)c(F)c1.[Cl-]. The summed E-state index contributed by atoms with van der Waals surface area (Å²) in [6, 6.07) is 20.0. The number of phenols is 2. The number of rotatable bonds is 12. The van der Waals surface area contributed by atoms with Crippen LogP contribution in [0.3, 0.4) is 0 Å². The maximum absolute atomic E-state index is 13.2. The number of piperidine rings is 2. The molecular weight excluding hydrogens is 1240 g/mol. The monoisotopic (exact) mass is 1310 g/mol. The van der Waals surface area contributed by atoms with Crippen molar-refractivity contribution in [3.05, 3.63) is 113 Å². The molecule has 0 unspecified atom stereocenters. The molecule has 3 N–H and O–H groups in total. The van der Waals surface area contributed by atoms with Crippen LogP contribution >= 0.6 is 86.9 Å². The molecule has 10 nitrogen and oxygen atoms in total. The summed E-state index contributed by atoms with van der Waals surface area (Å²) >= 11 is 24.0. The third-order valence-corrected chi connectivity index (χ3v) is 14.9. The van der Waals surface area contributed by atoms with E-state index < -0.39 is 5.82 Å². The molecule has 19 heteroatoms. The lowest BCUT2D eigenvalue weighted by Gasteiger charge is -2.26. The number of aromatic hydroxyl groups is 2. The Bertz CT molecular complexity index is 1870. The molecule has 0 aromatic heterocycles. The van der Waals surface area contributed by atoms with Gasteiger partial charge in [-0.15, -0.1) is 23.2 Å². The van der Waals surface area contributed by atoms with Crippen LogP contribution in [0.2, 0.25) is 0 Å². The van der Waals surface area contributed by atoms with E-state index >= 15 is 0 Å². The van der Waals surface area contributed by atoms with Crippen molar-refractivity contribution in [3.63, 3.8) is 0 Å². The minimum atomic E-state index is -0.449. The molecule has 0 amide bonds. The second-order valence-corrected chi connectivity index (χ2v) is 21.1. The van der Waals surface area contributed by atoms with Gasteiger partial charge in [-0.3, -0.25) is 9.80 Å². The number of hydrogen-bond donors (Lipinski definition) is 3. The molecule has 0 saturated carbocycles. The van der Waals surface area contributed by atoms with Gasteiger partial charge in [0.25, 0.3) is 0 Å². The minimum Gasteiger partial charge on any atom is -1.00 e. The number of ether oxygens (including phenoxy) is 4. The molecule has 4 aliphatic heterocycles. The van der Waals surface area contributed by atoms with Gasteiger partial charge in [-0.25, -0.2) is 8.78 Å². The first-order valence-corrected chi connectivity index (χ1v) is 28.4. The predicted octanol–water partition coefficient (Wildman–Crippen LogP) is 8.53. The topological polar surface area (TPSA) is 91.5 Å². The van der Waals surface area contributed by atoms with Gasteiger partial charge in [0.1, 0.15) is 60.9 Å². The highest BCUT2D eigenvalue weighted by atomic mass is 79.9. The van der Waals surface area contributed by atoms with E-state index in [4.69, 9.17) is 52.4 Å². The second-order valence-electron chi connectivity index (χ2n) is 17.0. The lowest BCUT2D eigenvalue weighted by molar-refractivity contribution is -0.905. The molecule has 71 heavy (non-hydrogen) atoms. The number of aryl methyl sites for hydroxylation is 2. The molecule has 4 saturated heterocycles. The first-order chi connectivity index (χ1) is 33.8. The Balaban J connectivity index is 0.000000299. The van der Waals surface area contributed by atoms with Gasteiger partial charge in [-0.1, -0.05) is 44.7 Å². The van der Waals surface area contributed by atoms with Crippen molar-refractivity contribution >= 4 is 86.9 Å². The fraction of sp³-hybridized carbons (Fsp3) is 0.538. The maximum Gasteiger partial charge on any atom is 0.141 e. The Morgan fingerprint density at radius 3 is 1.41 bits per heavy atom. The van der Waals surface area contributed by atoms with Crippen molar-refractivity contribution in [2.45, 2.75) is 52.4 Å². The zero-order chi connectivity index (χ0) is 50.9. The first-order valence-electron chi connectivity index (χ1n) is 24.1. The summed E-state index contributed by atoms with van der Waals surface area (Å²) in [6.07, 6.45) is 8.07. The average molecular weight is 1310 g/mol. The fourth-order valence-corrected chi connectivity index (χ4v) is 8.82. The van der Waals surface area contributed by atoms with E-state index in [1.165, 1.54) is 75.4 Å². The summed E-state index contributed by atoms with van der Waals surface area (Å²) in [5.41, 5.74) is 2.25. The van der Waals surface area contributed by atoms with Gasteiger partial charge in [-0.05, 0) is 169 Å². The molecule has 4 aromatic rings. The fourth-order valence-electron chi connectivity index (χ4n) is 7.33. The van der Waals surface area contributed by atoms with Crippen LogP contribution in [0.1, 0.15) is 49.7 Å². The van der Waals surface area contributed by atoms with Crippen LogP contribution in [0, 0.1) is 25.5 Å². The highest BCUT2D eigenvalue weighted by molar-refractivity contribution is 9.11. The Morgan fingerprint density at radius 1 is 0.535 bits per heavy atom. The molecule has 4 aliphatic rings. The highest BCUT2D eigenvalue weighted by Crippen LogP contribution is 2.23. The van der Waals surface area contributed by atoms with Crippen LogP contribution in [-0.4, -0.2) is 155 Å². The number of quaternary nitrogens is 1. The van der Waals surface area contributed by atoms with E-state index in [9.17, 15) is 8.78 Å². The van der Waals surface area contributed by atoms with E-state index in [-0.39, 0.29) is 24.0 Å². The number of nitrogens with zero attached hydrogens (tertiary/aromatic N) is 3. The van der Waals surface area contributed by atoms with Crippen molar-refractivity contribution in [2.75, 3.05) is 130 Å². The Morgan fingerprint density at radius 2 is 0.958 bits per heavy atom. The number of halogens is 9. The predicted molar refractivity (Wildman–Crippen MR) is 296 cm³/mol. The molecule has 4 heterocycles. The van der Waals surface area contributed by atoms with Gasteiger partial charge in [0.15, 0.2) is 0 Å². The number of hydrogen-bond acceptors (Lipinski definition) is 9. The standard InChI is InChI=1S/C13H17BrFNO.C13H18BrNO2.C7H7BrO.C7H14ClN.C6H4BrFO.C6H12ClNO.ClH/c14-12-5-4-11(10-13(12)15)17-9-8-16-6-2-1-3-7-16;1-11-10-12(2-3-13(11)14)17-9-6-15-4-7-16-8-5-15;1-5-4-6(9)2-3-7(5)8;8-4-7-9-5-2-1-3-6-9;7-5-2-1-4(9)3-6(5)8;7-1-2-8-3-5-9-6-4-8;/h4-5,10H,1-3,6-9H2;2-3,10H,4-9H2,1H3;2-4,9H,1H3;1-7H2;1-3,9H;1-6H2;1H. The van der Waals surface area contributed by atoms with Crippen molar-refractivity contribution < 1.29 is 55.2 Å². The molecule has 0 atom stereocenters. The van der Waals surface area contributed by atoms with Crippen LogP contribution in [0.15, 0.2) is 90.7 Å². The summed E-state index contributed by atoms with van der Waals surface area (Å²) in [6.45, 7) is 22.1. The van der Waals surface area contributed by atoms with Gasteiger partial charge in [-0.2, -0.15) is 0 Å². The van der Waals surface area contributed by atoms with Crippen molar-refractivity contribution in [3.8, 4) is 23.0 Å². The van der Waals surface area contributed by atoms with Gasteiger partial charge in [0.2, 0.25) is 0 Å². The lowest BCUT2D eigenvalue weighted by Crippen LogP contribution is -3.14. The molecule has 0 bridgehead atoms. The van der Waals surface area contributed by atoms with E-state index in [0.717, 1.165) is 137 Å². The summed E-state index contributed by atoms with van der Waals surface area (Å²) < 4.78 is 50.4. The van der Waals surface area contributed by atoms with E-state index in [2.05, 4.69) is 91.4 Å². The Hall–Kier alpha value is -1.51. The summed E-state index contributed by atoms with van der Waals surface area (Å²) in [5, 5.41) is 17.6. The van der Waals surface area contributed by atoms with Gasteiger partial charge in [0.05, 0.1) is 47.8 Å². The second kappa shape index (κ2) is 39.8. The van der Waals surface area contributed by atoms with Gasteiger partial charge in [0, 0.05) is 59.7 Å². The third kappa shape index (κ3) is 30.0. The first kappa shape index (κ1) is 65.6. The van der Waals surface area contributed by atoms with Crippen LogP contribution < -0.4 is 26.8 Å². The number of morpholine rings is 2. The highest BCUT2D eigenvalue weighted by Gasteiger charge is 2.13. The van der Waals surface area contributed by atoms with Crippen LogP contribution in [-0.2, 0) is 9.47 Å². The van der Waals surface area contributed by atoms with E-state index in [0.29, 0.717) is 27.1 Å². The number of likely N-dealkylation sites (tertiary alicyclic amines) is 2. The molecule has 0 radical (unpaired) electrons.